The lowest BCUT2D eigenvalue weighted by atomic mass is 10.1. The van der Waals surface area contributed by atoms with Crippen molar-refractivity contribution in [3.8, 4) is 0 Å². The lowest BCUT2D eigenvalue weighted by Gasteiger charge is -2.22. The molecule has 1 aliphatic rings. The average molecular weight is 301 g/mol. The molecule has 22 heavy (non-hydrogen) atoms. The Hall–Kier alpha value is -2.28. The number of rotatable bonds is 3. The van der Waals surface area contributed by atoms with Gasteiger partial charge in [-0.05, 0) is 6.07 Å². The number of hydrogen-bond donors (Lipinski definition) is 0. The third-order valence-corrected chi connectivity index (χ3v) is 3.73. The molecule has 2 aromatic rings. The van der Waals surface area contributed by atoms with Gasteiger partial charge in [-0.1, -0.05) is 0 Å². The molecule has 0 bridgehead atoms. The number of carbonyl (C=O) groups is 1. The van der Waals surface area contributed by atoms with Crippen molar-refractivity contribution in [2.75, 3.05) is 26.3 Å². The van der Waals surface area contributed by atoms with Gasteiger partial charge in [-0.3, -0.25) is 4.79 Å². The molecule has 2 aromatic heterocycles. The Labute approximate surface area is 129 Å². The van der Waals surface area contributed by atoms with Gasteiger partial charge in [0.1, 0.15) is 5.82 Å². The number of ether oxygens (including phenoxy) is 1. The number of aryl methyl sites for hydroxylation is 1. The molecule has 0 spiro atoms. The summed E-state index contributed by atoms with van der Waals surface area (Å²) in [6.07, 6.45) is 7.58. The van der Waals surface area contributed by atoms with Gasteiger partial charge in [0, 0.05) is 57.3 Å². The highest BCUT2D eigenvalue weighted by molar-refractivity contribution is 5.90. The molecule has 116 valence electrons. The summed E-state index contributed by atoms with van der Waals surface area (Å²) in [6, 6.07) is 1.80. The number of hydrogen-bond acceptors (Lipinski definition) is 5. The van der Waals surface area contributed by atoms with Crippen molar-refractivity contribution in [1.29, 1.82) is 0 Å². The summed E-state index contributed by atoms with van der Waals surface area (Å²) in [6.45, 7) is 2.37. The number of carbonyl (C=O) groups excluding carboxylic acids is 1. The molecule has 1 saturated heterocycles. The van der Waals surface area contributed by atoms with E-state index in [4.69, 9.17) is 4.74 Å². The van der Waals surface area contributed by atoms with Crippen molar-refractivity contribution in [2.45, 2.75) is 6.42 Å². The third kappa shape index (κ3) is 3.30. The molecule has 0 radical (unpaired) electrons. The fraction of sp³-hybridized carbons (Fsp3) is 0.467. The summed E-state index contributed by atoms with van der Waals surface area (Å²) in [7, 11) is 1.82. The van der Waals surface area contributed by atoms with Crippen LogP contribution < -0.4 is 0 Å². The number of aromatic nitrogens is 4. The van der Waals surface area contributed by atoms with Gasteiger partial charge >= 0.3 is 0 Å². The highest BCUT2D eigenvalue weighted by Crippen LogP contribution is 2.13. The van der Waals surface area contributed by atoms with Crippen LogP contribution in [-0.2, 0) is 18.2 Å². The Kier molecular flexibility index (Phi) is 4.43. The van der Waals surface area contributed by atoms with E-state index in [9.17, 15) is 4.79 Å². The zero-order valence-corrected chi connectivity index (χ0v) is 12.6. The van der Waals surface area contributed by atoms with Crippen molar-refractivity contribution < 1.29 is 9.53 Å². The van der Waals surface area contributed by atoms with Crippen molar-refractivity contribution in [2.24, 2.45) is 13.0 Å². The normalized spacial score (nSPS) is 19.0. The van der Waals surface area contributed by atoms with Crippen LogP contribution in [0.2, 0.25) is 0 Å². The van der Waals surface area contributed by atoms with E-state index in [0.29, 0.717) is 38.5 Å². The van der Waals surface area contributed by atoms with Crippen LogP contribution in [0.4, 0.5) is 0 Å². The van der Waals surface area contributed by atoms with Crippen LogP contribution >= 0.6 is 0 Å². The van der Waals surface area contributed by atoms with Gasteiger partial charge in [-0.25, -0.2) is 15.0 Å². The standard InChI is InChI=1S/C15H19N5O2/c1-19-6-5-18-14(19)15(21)20-7-8-22-11-12(10-20)9-13-16-3-2-4-17-13/h2-6,12H,7-11H2,1H3. The Balaban J connectivity index is 1.70. The second-order valence-corrected chi connectivity index (χ2v) is 5.42. The lowest BCUT2D eigenvalue weighted by molar-refractivity contribution is 0.0721. The van der Waals surface area contributed by atoms with Crippen molar-refractivity contribution in [3.63, 3.8) is 0 Å². The summed E-state index contributed by atoms with van der Waals surface area (Å²) in [4.78, 5) is 27.0. The second kappa shape index (κ2) is 6.65. The highest BCUT2D eigenvalue weighted by Gasteiger charge is 2.26. The van der Waals surface area contributed by atoms with Crippen LogP contribution in [0.1, 0.15) is 16.4 Å². The van der Waals surface area contributed by atoms with Crippen LogP contribution in [-0.4, -0.2) is 56.6 Å². The van der Waals surface area contributed by atoms with Crippen LogP contribution in [0.3, 0.4) is 0 Å². The summed E-state index contributed by atoms with van der Waals surface area (Å²) >= 11 is 0. The first-order valence-electron chi connectivity index (χ1n) is 7.34. The van der Waals surface area contributed by atoms with Gasteiger partial charge in [0.2, 0.25) is 0 Å². The number of nitrogens with zero attached hydrogens (tertiary/aromatic N) is 5. The molecule has 7 heteroatoms. The number of amides is 1. The molecule has 0 aromatic carbocycles. The Morgan fingerprint density at radius 3 is 2.86 bits per heavy atom. The maximum absolute atomic E-state index is 12.6. The fourth-order valence-electron chi connectivity index (χ4n) is 2.60. The smallest absolute Gasteiger partial charge is 0.289 e. The summed E-state index contributed by atoms with van der Waals surface area (Å²) < 4.78 is 7.37. The molecule has 1 fully saturated rings. The molecule has 7 nitrogen and oxygen atoms in total. The lowest BCUT2D eigenvalue weighted by Crippen LogP contribution is -2.37. The van der Waals surface area contributed by atoms with E-state index in [-0.39, 0.29) is 11.8 Å². The highest BCUT2D eigenvalue weighted by atomic mass is 16.5. The fourth-order valence-corrected chi connectivity index (χ4v) is 2.60. The molecule has 1 unspecified atom stereocenters. The quantitative estimate of drug-likeness (QED) is 0.827. The van der Waals surface area contributed by atoms with Crippen molar-refractivity contribution in [3.05, 3.63) is 42.5 Å². The maximum atomic E-state index is 12.6. The van der Waals surface area contributed by atoms with Gasteiger partial charge in [0.05, 0.1) is 13.2 Å². The van der Waals surface area contributed by atoms with Crippen LogP contribution in [0.15, 0.2) is 30.9 Å². The van der Waals surface area contributed by atoms with E-state index in [1.165, 1.54) is 0 Å². The van der Waals surface area contributed by atoms with E-state index in [1.807, 2.05) is 11.9 Å². The SMILES string of the molecule is Cn1ccnc1C(=O)N1CCOCC(Cc2ncccn2)C1. The molecule has 0 saturated carbocycles. The first kappa shape index (κ1) is 14.6. The van der Waals surface area contributed by atoms with Gasteiger partial charge < -0.3 is 14.2 Å². The Morgan fingerprint density at radius 2 is 2.14 bits per heavy atom. The minimum atomic E-state index is -0.0584. The first-order chi connectivity index (χ1) is 10.7. The van der Waals surface area contributed by atoms with E-state index < -0.39 is 0 Å². The summed E-state index contributed by atoms with van der Waals surface area (Å²) in [5, 5.41) is 0. The van der Waals surface area contributed by atoms with Crippen LogP contribution in [0, 0.1) is 5.92 Å². The molecule has 1 atom stereocenters. The van der Waals surface area contributed by atoms with Crippen LogP contribution in [0.5, 0.6) is 0 Å². The second-order valence-electron chi connectivity index (χ2n) is 5.42. The van der Waals surface area contributed by atoms with Gasteiger partial charge in [0.15, 0.2) is 5.82 Å². The summed E-state index contributed by atoms with van der Waals surface area (Å²) in [5.41, 5.74) is 0. The Bertz CT molecular complexity index is 628. The molecule has 1 aliphatic heterocycles. The predicted molar refractivity (Wildman–Crippen MR) is 79.2 cm³/mol. The molecular weight excluding hydrogens is 282 g/mol. The largest absolute Gasteiger partial charge is 0.379 e. The Morgan fingerprint density at radius 1 is 1.32 bits per heavy atom. The van der Waals surface area contributed by atoms with Crippen molar-refractivity contribution in [1.82, 2.24) is 24.4 Å². The van der Waals surface area contributed by atoms with E-state index >= 15 is 0 Å². The third-order valence-electron chi connectivity index (χ3n) is 3.73. The van der Waals surface area contributed by atoms with E-state index in [2.05, 4.69) is 15.0 Å². The molecule has 3 rings (SSSR count). The first-order valence-corrected chi connectivity index (χ1v) is 7.34. The zero-order chi connectivity index (χ0) is 15.4. The predicted octanol–water partition coefficient (Wildman–Crippen LogP) is 0.541. The molecule has 0 N–H and O–H groups in total. The van der Waals surface area contributed by atoms with Crippen molar-refractivity contribution >= 4 is 5.91 Å². The molecule has 3 heterocycles. The van der Waals surface area contributed by atoms with Gasteiger partial charge in [-0.15, -0.1) is 0 Å². The number of imidazole rings is 1. The molecule has 0 aliphatic carbocycles. The maximum Gasteiger partial charge on any atom is 0.289 e. The molecule has 1 amide bonds. The van der Waals surface area contributed by atoms with E-state index in [1.54, 1.807) is 35.4 Å². The van der Waals surface area contributed by atoms with Crippen LogP contribution in [0.25, 0.3) is 0 Å². The monoisotopic (exact) mass is 301 g/mol. The van der Waals surface area contributed by atoms with E-state index in [0.717, 1.165) is 5.82 Å². The minimum Gasteiger partial charge on any atom is -0.379 e. The molecular formula is C15H19N5O2. The van der Waals surface area contributed by atoms with Gasteiger partial charge in [-0.2, -0.15) is 0 Å². The average Bonchev–Trinajstić information content (AvgIpc) is 2.82. The zero-order valence-electron chi connectivity index (χ0n) is 12.6. The minimum absolute atomic E-state index is 0.0584. The topological polar surface area (TPSA) is 73.1 Å². The summed E-state index contributed by atoms with van der Waals surface area (Å²) in [5.74, 6) is 1.37. The van der Waals surface area contributed by atoms with Gasteiger partial charge in [0.25, 0.3) is 5.91 Å².